The maximum absolute atomic E-state index is 11.3. The van der Waals surface area contributed by atoms with Crippen LogP contribution in [0.2, 0.25) is 0 Å². The molecule has 0 aromatic heterocycles. The standard InChI is InChI=1S/C10H17IO4/c1-4-6-7-15-10(14-5-2)8(11)9(12)13-3/h4,6,8,10H,5,7H2,1-3H3/b6-4+. The number of esters is 1. The first-order valence-electron chi connectivity index (χ1n) is 4.73. The molecule has 0 aromatic rings. The van der Waals surface area contributed by atoms with E-state index in [1.165, 1.54) is 7.11 Å². The van der Waals surface area contributed by atoms with Gasteiger partial charge < -0.3 is 14.2 Å². The predicted molar refractivity (Wildman–Crippen MR) is 66.0 cm³/mol. The van der Waals surface area contributed by atoms with Crippen molar-refractivity contribution in [1.29, 1.82) is 0 Å². The van der Waals surface area contributed by atoms with Crippen molar-refractivity contribution in [2.24, 2.45) is 0 Å². The van der Waals surface area contributed by atoms with Gasteiger partial charge in [0.2, 0.25) is 0 Å². The molecule has 0 N–H and O–H groups in total. The molecule has 5 heteroatoms. The number of carbonyl (C=O) groups is 1. The smallest absolute Gasteiger partial charge is 0.323 e. The van der Waals surface area contributed by atoms with Crippen molar-refractivity contribution in [2.45, 2.75) is 24.1 Å². The van der Waals surface area contributed by atoms with Gasteiger partial charge in [-0.15, -0.1) is 0 Å². The number of hydrogen-bond donors (Lipinski definition) is 0. The molecule has 0 aliphatic carbocycles. The number of rotatable bonds is 7. The Morgan fingerprint density at radius 1 is 1.47 bits per heavy atom. The van der Waals surface area contributed by atoms with Crippen LogP contribution in [0.5, 0.6) is 0 Å². The third-order valence-electron chi connectivity index (χ3n) is 1.59. The molecule has 0 aromatic carbocycles. The second-order valence-corrected chi connectivity index (χ2v) is 3.99. The highest BCUT2D eigenvalue weighted by atomic mass is 127. The zero-order valence-electron chi connectivity index (χ0n) is 9.23. The fraction of sp³-hybridized carbons (Fsp3) is 0.700. The Kier molecular flexibility index (Phi) is 9.03. The lowest BCUT2D eigenvalue weighted by Crippen LogP contribution is -2.34. The lowest BCUT2D eigenvalue weighted by atomic mass is 10.4. The number of methoxy groups -OCH3 is 1. The molecule has 0 heterocycles. The van der Waals surface area contributed by atoms with Crippen molar-refractivity contribution in [2.75, 3.05) is 20.3 Å². The Balaban J connectivity index is 4.17. The van der Waals surface area contributed by atoms with Gasteiger partial charge in [-0.2, -0.15) is 0 Å². The minimum atomic E-state index is -0.556. The van der Waals surface area contributed by atoms with Gasteiger partial charge in [0.05, 0.1) is 13.7 Å². The summed E-state index contributed by atoms with van der Waals surface area (Å²) in [6.45, 7) is 4.68. The SMILES string of the molecule is C/C=C/COC(OCC)C(I)C(=O)OC. The fourth-order valence-electron chi connectivity index (χ4n) is 0.852. The van der Waals surface area contributed by atoms with Crippen LogP contribution in [-0.2, 0) is 19.0 Å². The van der Waals surface area contributed by atoms with E-state index < -0.39 is 10.2 Å². The Hall–Kier alpha value is -0.140. The van der Waals surface area contributed by atoms with Gasteiger partial charge in [0.25, 0.3) is 0 Å². The molecule has 0 bridgehead atoms. The maximum Gasteiger partial charge on any atom is 0.323 e. The van der Waals surface area contributed by atoms with Crippen LogP contribution in [0.3, 0.4) is 0 Å². The van der Waals surface area contributed by atoms with E-state index in [-0.39, 0.29) is 5.97 Å². The zero-order chi connectivity index (χ0) is 11.7. The first kappa shape index (κ1) is 14.9. The average Bonchev–Trinajstić information content (AvgIpc) is 2.26. The van der Waals surface area contributed by atoms with E-state index in [0.717, 1.165) is 0 Å². The molecule has 0 rings (SSSR count). The highest BCUT2D eigenvalue weighted by Crippen LogP contribution is 2.13. The molecule has 88 valence electrons. The van der Waals surface area contributed by atoms with Crippen molar-refractivity contribution in [3.63, 3.8) is 0 Å². The minimum Gasteiger partial charge on any atom is -0.468 e. The van der Waals surface area contributed by atoms with E-state index in [2.05, 4.69) is 4.74 Å². The van der Waals surface area contributed by atoms with Crippen molar-refractivity contribution < 1.29 is 19.0 Å². The quantitative estimate of drug-likeness (QED) is 0.235. The van der Waals surface area contributed by atoms with Crippen molar-refractivity contribution in [3.05, 3.63) is 12.2 Å². The summed E-state index contributed by atoms with van der Waals surface area (Å²) in [5.74, 6) is -0.338. The van der Waals surface area contributed by atoms with Gasteiger partial charge in [-0.3, -0.25) is 4.79 Å². The Labute approximate surface area is 104 Å². The zero-order valence-corrected chi connectivity index (χ0v) is 11.4. The molecule has 0 radical (unpaired) electrons. The number of alkyl halides is 1. The van der Waals surface area contributed by atoms with Gasteiger partial charge in [-0.05, 0) is 13.8 Å². The predicted octanol–water partition coefficient (Wildman–Crippen LogP) is 1.92. The first-order valence-corrected chi connectivity index (χ1v) is 5.98. The Bertz CT molecular complexity index is 206. The second-order valence-electron chi connectivity index (χ2n) is 2.65. The molecule has 15 heavy (non-hydrogen) atoms. The summed E-state index contributed by atoms with van der Waals surface area (Å²) in [4.78, 5) is 11.3. The summed E-state index contributed by atoms with van der Waals surface area (Å²) >= 11 is 1.96. The highest BCUT2D eigenvalue weighted by Gasteiger charge is 2.27. The molecule has 0 aliphatic rings. The van der Waals surface area contributed by atoms with Crippen LogP contribution in [0.25, 0.3) is 0 Å². The van der Waals surface area contributed by atoms with Gasteiger partial charge in [-0.1, -0.05) is 34.7 Å². The highest BCUT2D eigenvalue weighted by molar-refractivity contribution is 14.1. The number of ether oxygens (including phenoxy) is 3. The molecule has 2 unspecified atom stereocenters. The maximum atomic E-state index is 11.3. The van der Waals surface area contributed by atoms with Gasteiger partial charge in [-0.25, -0.2) is 0 Å². The molecule has 0 saturated heterocycles. The molecular formula is C10H17IO4. The number of halogens is 1. The summed E-state index contributed by atoms with van der Waals surface area (Å²) < 4.78 is 14.9. The summed E-state index contributed by atoms with van der Waals surface area (Å²) in [7, 11) is 1.35. The monoisotopic (exact) mass is 328 g/mol. The number of hydrogen-bond acceptors (Lipinski definition) is 4. The molecule has 2 atom stereocenters. The lowest BCUT2D eigenvalue weighted by Gasteiger charge is -2.20. The van der Waals surface area contributed by atoms with E-state index in [1.54, 1.807) is 0 Å². The van der Waals surface area contributed by atoms with Gasteiger partial charge in [0, 0.05) is 6.61 Å². The summed E-state index contributed by atoms with van der Waals surface area (Å²) in [6, 6.07) is 0. The molecule has 0 aliphatic heterocycles. The van der Waals surface area contributed by atoms with Gasteiger partial charge in [0.15, 0.2) is 10.2 Å². The van der Waals surface area contributed by atoms with Crippen molar-refractivity contribution in [1.82, 2.24) is 0 Å². The topological polar surface area (TPSA) is 44.8 Å². The average molecular weight is 328 g/mol. The van der Waals surface area contributed by atoms with Crippen LogP contribution in [0.15, 0.2) is 12.2 Å². The van der Waals surface area contributed by atoms with E-state index in [0.29, 0.717) is 13.2 Å². The van der Waals surface area contributed by atoms with Crippen LogP contribution in [0, 0.1) is 0 Å². The first-order chi connectivity index (χ1) is 7.17. The molecule has 0 spiro atoms. The van der Waals surface area contributed by atoms with Crippen LogP contribution < -0.4 is 0 Å². The number of allylic oxidation sites excluding steroid dienone is 1. The van der Waals surface area contributed by atoms with Crippen molar-refractivity contribution >= 4 is 28.6 Å². The third kappa shape index (κ3) is 6.11. The van der Waals surface area contributed by atoms with Crippen LogP contribution in [0.4, 0.5) is 0 Å². The number of carbonyl (C=O) groups excluding carboxylic acids is 1. The Morgan fingerprint density at radius 3 is 2.60 bits per heavy atom. The fourth-order valence-corrected chi connectivity index (χ4v) is 1.52. The normalized spacial score (nSPS) is 15.2. The Morgan fingerprint density at radius 2 is 2.13 bits per heavy atom. The van der Waals surface area contributed by atoms with Crippen molar-refractivity contribution in [3.8, 4) is 0 Å². The summed E-state index contributed by atoms with van der Waals surface area (Å²) in [5.41, 5.74) is 0. The molecule has 0 saturated carbocycles. The van der Waals surface area contributed by atoms with E-state index in [4.69, 9.17) is 9.47 Å². The minimum absolute atomic E-state index is 0.338. The molecule has 0 fully saturated rings. The van der Waals surface area contributed by atoms with E-state index in [1.807, 2.05) is 48.6 Å². The third-order valence-corrected chi connectivity index (χ3v) is 2.68. The molecular weight excluding hydrogens is 311 g/mol. The van der Waals surface area contributed by atoms with Gasteiger partial charge >= 0.3 is 5.97 Å². The largest absolute Gasteiger partial charge is 0.468 e. The molecule has 4 nitrogen and oxygen atoms in total. The lowest BCUT2D eigenvalue weighted by molar-refractivity contribution is -0.160. The van der Waals surface area contributed by atoms with Gasteiger partial charge in [0.1, 0.15) is 0 Å². The summed E-state index contributed by atoms with van der Waals surface area (Å²) in [6.07, 6.45) is 3.18. The van der Waals surface area contributed by atoms with Crippen LogP contribution >= 0.6 is 22.6 Å². The second kappa shape index (κ2) is 9.11. The van der Waals surface area contributed by atoms with Crippen LogP contribution in [0.1, 0.15) is 13.8 Å². The molecule has 0 amide bonds. The summed E-state index contributed by atoms with van der Waals surface area (Å²) in [5, 5.41) is 0. The van der Waals surface area contributed by atoms with E-state index in [9.17, 15) is 4.79 Å². The van der Waals surface area contributed by atoms with E-state index >= 15 is 0 Å². The van der Waals surface area contributed by atoms with Crippen LogP contribution in [-0.4, -0.2) is 36.5 Å².